The lowest BCUT2D eigenvalue weighted by atomic mass is 9.99. The second-order valence-corrected chi connectivity index (χ2v) is 13.1. The van der Waals surface area contributed by atoms with Crippen LogP contribution < -0.4 is 4.74 Å². The minimum Gasteiger partial charge on any atom is -0.482 e. The predicted molar refractivity (Wildman–Crippen MR) is 175 cm³/mol. The predicted octanol–water partition coefficient (Wildman–Crippen LogP) is 9.76. The summed E-state index contributed by atoms with van der Waals surface area (Å²) in [6.45, 7) is 2.02. The number of hydrogen-bond donors (Lipinski definition) is 0. The van der Waals surface area contributed by atoms with E-state index in [0.29, 0.717) is 5.75 Å². The molecule has 5 aromatic rings. The highest BCUT2D eigenvalue weighted by molar-refractivity contribution is 7.97. The Hall–Kier alpha value is -4.28. The Labute approximate surface area is 257 Å². The van der Waals surface area contributed by atoms with Gasteiger partial charge in [-0.1, -0.05) is 67.6 Å². The normalized spacial score (nSPS) is 14.0. The molecule has 0 spiro atoms. The Morgan fingerprint density at radius 2 is 1.02 bits per heavy atom. The largest absolute Gasteiger partial charge is 0.482 e. The van der Waals surface area contributed by atoms with Gasteiger partial charge in [0.2, 0.25) is 0 Å². The lowest BCUT2D eigenvalue weighted by molar-refractivity contribution is -0.162. The SMILES string of the molecule is CCC1(OC(=O)COc2ccc([S+](c3ccc(-c4ccccc4)cc3)c3ccc(-c4ccccc4)cc3)cc2)CCCC1. The van der Waals surface area contributed by atoms with Gasteiger partial charge in [-0.05, 0) is 127 Å². The molecule has 3 nitrogen and oxygen atoms in total. The zero-order valence-electron chi connectivity index (χ0n) is 24.6. The number of rotatable bonds is 10. The molecule has 4 heteroatoms. The van der Waals surface area contributed by atoms with Gasteiger partial charge in [0.25, 0.3) is 0 Å². The average molecular weight is 586 g/mol. The summed E-state index contributed by atoms with van der Waals surface area (Å²) in [4.78, 5) is 16.3. The Morgan fingerprint density at radius 3 is 1.47 bits per heavy atom. The molecule has 0 saturated heterocycles. The number of carbonyl (C=O) groups excluding carboxylic acids is 1. The number of esters is 1. The van der Waals surface area contributed by atoms with E-state index in [1.807, 2.05) is 24.3 Å². The Bertz CT molecular complexity index is 1520. The number of hydrogen-bond acceptors (Lipinski definition) is 3. The molecule has 0 radical (unpaired) electrons. The van der Waals surface area contributed by atoms with Crippen LogP contribution in [-0.2, 0) is 20.4 Å². The van der Waals surface area contributed by atoms with Crippen molar-refractivity contribution in [1.29, 1.82) is 0 Å². The van der Waals surface area contributed by atoms with Crippen molar-refractivity contribution < 1.29 is 14.3 Å². The van der Waals surface area contributed by atoms with E-state index in [2.05, 4.69) is 116 Å². The van der Waals surface area contributed by atoms with E-state index < -0.39 is 0 Å². The molecular weight excluding hydrogens is 548 g/mol. The van der Waals surface area contributed by atoms with E-state index >= 15 is 0 Å². The fourth-order valence-corrected chi connectivity index (χ4v) is 7.91. The molecule has 0 heterocycles. The molecule has 1 fully saturated rings. The van der Waals surface area contributed by atoms with Crippen molar-refractivity contribution in [3.8, 4) is 28.0 Å². The molecule has 0 atom stereocenters. The average Bonchev–Trinajstić information content (AvgIpc) is 3.55. The Balaban J connectivity index is 1.23. The van der Waals surface area contributed by atoms with Crippen molar-refractivity contribution in [2.45, 2.75) is 59.3 Å². The molecule has 0 unspecified atom stereocenters. The first kappa shape index (κ1) is 28.8. The van der Waals surface area contributed by atoms with Gasteiger partial charge in [-0.2, -0.15) is 0 Å². The van der Waals surface area contributed by atoms with Crippen LogP contribution >= 0.6 is 0 Å². The van der Waals surface area contributed by atoms with E-state index in [4.69, 9.17) is 9.47 Å². The lowest BCUT2D eigenvalue weighted by Crippen LogP contribution is -2.33. The van der Waals surface area contributed by atoms with Crippen molar-refractivity contribution in [2.24, 2.45) is 0 Å². The van der Waals surface area contributed by atoms with Gasteiger partial charge >= 0.3 is 5.97 Å². The first-order valence-corrected chi connectivity index (χ1v) is 16.3. The second-order valence-electron chi connectivity index (χ2n) is 11.1. The smallest absolute Gasteiger partial charge is 0.344 e. The summed E-state index contributed by atoms with van der Waals surface area (Å²) in [7, 11) is -0.322. The minimum atomic E-state index is -0.322. The zero-order chi connectivity index (χ0) is 29.5. The van der Waals surface area contributed by atoms with Gasteiger partial charge in [-0.3, -0.25) is 0 Å². The molecular formula is C39H37O3S+. The van der Waals surface area contributed by atoms with Crippen LogP contribution in [0.3, 0.4) is 0 Å². The van der Waals surface area contributed by atoms with Crippen LogP contribution in [0.25, 0.3) is 22.3 Å². The number of benzene rings is 5. The molecule has 216 valence electrons. The summed E-state index contributed by atoms with van der Waals surface area (Å²) in [6.07, 6.45) is 4.99. The van der Waals surface area contributed by atoms with Crippen LogP contribution in [0.1, 0.15) is 39.0 Å². The summed E-state index contributed by atoms with van der Waals surface area (Å²) in [6, 6.07) is 46.9. The highest BCUT2D eigenvalue weighted by Gasteiger charge is 2.36. The maximum atomic E-state index is 12.6. The molecule has 0 bridgehead atoms. The quantitative estimate of drug-likeness (QED) is 0.121. The molecule has 1 aliphatic carbocycles. The lowest BCUT2D eigenvalue weighted by Gasteiger charge is -2.27. The van der Waals surface area contributed by atoms with Crippen LogP contribution in [-0.4, -0.2) is 18.2 Å². The summed E-state index contributed by atoms with van der Waals surface area (Å²) >= 11 is 0. The van der Waals surface area contributed by atoms with Crippen molar-refractivity contribution in [3.05, 3.63) is 133 Å². The Morgan fingerprint density at radius 1 is 0.605 bits per heavy atom. The maximum Gasteiger partial charge on any atom is 0.344 e. The van der Waals surface area contributed by atoms with Crippen molar-refractivity contribution in [1.82, 2.24) is 0 Å². The first-order valence-electron chi connectivity index (χ1n) is 15.1. The van der Waals surface area contributed by atoms with Gasteiger partial charge < -0.3 is 9.47 Å². The van der Waals surface area contributed by atoms with Crippen LogP contribution in [0.2, 0.25) is 0 Å². The van der Waals surface area contributed by atoms with E-state index in [1.165, 1.54) is 36.9 Å². The van der Waals surface area contributed by atoms with Crippen LogP contribution in [0.4, 0.5) is 0 Å². The van der Waals surface area contributed by atoms with Crippen molar-refractivity contribution in [2.75, 3.05) is 6.61 Å². The highest BCUT2D eigenvalue weighted by atomic mass is 32.2. The topological polar surface area (TPSA) is 35.5 Å². The summed E-state index contributed by atoms with van der Waals surface area (Å²) in [5.41, 5.74) is 4.51. The Kier molecular flexibility index (Phi) is 8.95. The molecule has 1 aliphatic rings. The number of carbonyl (C=O) groups is 1. The zero-order valence-corrected chi connectivity index (χ0v) is 25.4. The summed E-state index contributed by atoms with van der Waals surface area (Å²) in [5.74, 6) is 0.379. The van der Waals surface area contributed by atoms with Gasteiger partial charge in [0.1, 0.15) is 11.4 Å². The molecule has 1 saturated carbocycles. The van der Waals surface area contributed by atoms with Gasteiger partial charge in [0.05, 0.1) is 10.9 Å². The standard InChI is InChI=1S/C39H37O3S/c1-2-39(27-9-10-28-39)42-38(40)29-41-34-19-25-37(26-20-34)43(35-21-15-32(16-22-35)30-11-5-3-6-12-30)36-23-17-33(18-24-36)31-13-7-4-8-14-31/h3-8,11-26H,2,9-10,27-29H2,1H3/q+1. The van der Waals surface area contributed by atoms with Crippen molar-refractivity contribution >= 4 is 16.9 Å². The third kappa shape index (κ3) is 6.87. The van der Waals surface area contributed by atoms with Crippen LogP contribution in [0.15, 0.2) is 148 Å². The molecule has 43 heavy (non-hydrogen) atoms. The number of ether oxygens (including phenoxy) is 2. The molecule has 0 amide bonds. The molecule has 0 N–H and O–H groups in total. The van der Waals surface area contributed by atoms with Crippen molar-refractivity contribution in [3.63, 3.8) is 0 Å². The van der Waals surface area contributed by atoms with Gasteiger partial charge in [-0.25, -0.2) is 4.79 Å². The summed E-state index contributed by atoms with van der Waals surface area (Å²) in [5, 5.41) is 0. The van der Waals surface area contributed by atoms with E-state index in [0.717, 1.165) is 32.1 Å². The second kappa shape index (κ2) is 13.4. The van der Waals surface area contributed by atoms with Gasteiger partial charge in [0, 0.05) is 0 Å². The minimum absolute atomic E-state index is 0.0747. The molecule has 0 aromatic heterocycles. The molecule has 0 aliphatic heterocycles. The fraction of sp³-hybridized carbons (Fsp3) is 0.205. The van der Waals surface area contributed by atoms with E-state index in [1.54, 1.807) is 0 Å². The monoisotopic (exact) mass is 585 g/mol. The third-order valence-electron chi connectivity index (χ3n) is 8.30. The maximum absolute atomic E-state index is 12.6. The van der Waals surface area contributed by atoms with Gasteiger partial charge in [-0.15, -0.1) is 0 Å². The molecule has 5 aromatic carbocycles. The van der Waals surface area contributed by atoms with Crippen LogP contribution in [0, 0.1) is 0 Å². The van der Waals surface area contributed by atoms with E-state index in [-0.39, 0.29) is 29.1 Å². The van der Waals surface area contributed by atoms with E-state index in [9.17, 15) is 4.79 Å². The van der Waals surface area contributed by atoms with Gasteiger partial charge in [0.15, 0.2) is 21.3 Å². The summed E-state index contributed by atoms with van der Waals surface area (Å²) < 4.78 is 11.7. The first-order chi connectivity index (χ1) is 21.1. The van der Waals surface area contributed by atoms with Crippen LogP contribution in [0.5, 0.6) is 5.75 Å². The third-order valence-corrected chi connectivity index (χ3v) is 10.5. The molecule has 6 rings (SSSR count). The highest BCUT2D eigenvalue weighted by Crippen LogP contribution is 2.37. The fourth-order valence-electron chi connectivity index (χ4n) is 5.87.